The zero-order chi connectivity index (χ0) is 15.4. The highest BCUT2D eigenvalue weighted by atomic mass is 35.5. The summed E-state index contributed by atoms with van der Waals surface area (Å²) < 4.78 is 13.5. The first-order valence-corrected chi connectivity index (χ1v) is 6.64. The molecule has 0 bridgehead atoms. The smallest absolute Gasteiger partial charge is 0.323 e. The van der Waals surface area contributed by atoms with Crippen molar-refractivity contribution >= 4 is 29.0 Å². The number of anilines is 2. The first kappa shape index (κ1) is 15.3. The fourth-order valence-electron chi connectivity index (χ4n) is 1.72. The molecule has 0 radical (unpaired) electrons. The molecular formula is C15H14ClFN2O2. The van der Waals surface area contributed by atoms with Gasteiger partial charge in [-0.25, -0.2) is 9.18 Å². The molecule has 3 N–H and O–H groups in total. The summed E-state index contributed by atoms with van der Waals surface area (Å²) in [5.74, 6) is -0.609. The number of halogens is 2. The Morgan fingerprint density at radius 1 is 1.19 bits per heavy atom. The molecule has 0 aromatic heterocycles. The van der Waals surface area contributed by atoms with Crippen LogP contribution in [0.1, 0.15) is 18.6 Å². The molecule has 2 aromatic carbocycles. The van der Waals surface area contributed by atoms with Crippen molar-refractivity contribution < 1.29 is 14.3 Å². The normalized spacial score (nSPS) is 11.8. The van der Waals surface area contributed by atoms with Crippen LogP contribution in [0.25, 0.3) is 0 Å². The van der Waals surface area contributed by atoms with Gasteiger partial charge in [0, 0.05) is 10.7 Å². The van der Waals surface area contributed by atoms with Gasteiger partial charge in [0.1, 0.15) is 5.82 Å². The average Bonchev–Trinajstić information content (AvgIpc) is 2.42. The van der Waals surface area contributed by atoms with Crippen molar-refractivity contribution in [3.05, 3.63) is 58.9 Å². The molecule has 110 valence electrons. The van der Waals surface area contributed by atoms with Crippen LogP contribution in [0, 0.1) is 5.82 Å². The van der Waals surface area contributed by atoms with Crippen LogP contribution < -0.4 is 10.6 Å². The van der Waals surface area contributed by atoms with E-state index >= 15 is 0 Å². The molecule has 2 amide bonds. The zero-order valence-corrected chi connectivity index (χ0v) is 12.0. The van der Waals surface area contributed by atoms with Crippen molar-refractivity contribution in [3.8, 4) is 0 Å². The van der Waals surface area contributed by atoms with Gasteiger partial charge in [0.2, 0.25) is 0 Å². The first-order chi connectivity index (χ1) is 9.95. The molecule has 1 unspecified atom stereocenters. The number of nitrogens with one attached hydrogen (secondary N) is 2. The van der Waals surface area contributed by atoms with Crippen molar-refractivity contribution in [2.75, 3.05) is 10.6 Å². The number of carbonyl (C=O) groups is 1. The number of aliphatic hydroxyl groups is 1. The maximum Gasteiger partial charge on any atom is 0.323 e. The molecule has 4 nitrogen and oxygen atoms in total. The van der Waals surface area contributed by atoms with E-state index in [4.69, 9.17) is 11.6 Å². The molecule has 2 rings (SSSR count). The molecule has 0 aliphatic carbocycles. The molecular weight excluding hydrogens is 295 g/mol. The molecule has 21 heavy (non-hydrogen) atoms. The number of benzene rings is 2. The predicted molar refractivity (Wildman–Crippen MR) is 81.1 cm³/mol. The second-order valence-electron chi connectivity index (χ2n) is 4.50. The van der Waals surface area contributed by atoms with Gasteiger partial charge in [0.15, 0.2) is 0 Å². The number of amides is 2. The van der Waals surface area contributed by atoms with Gasteiger partial charge in [-0.15, -0.1) is 0 Å². The molecule has 0 saturated heterocycles. The fraction of sp³-hybridized carbons (Fsp3) is 0.133. The van der Waals surface area contributed by atoms with Gasteiger partial charge in [0.25, 0.3) is 0 Å². The minimum absolute atomic E-state index is 0.0394. The van der Waals surface area contributed by atoms with Crippen LogP contribution >= 0.6 is 11.6 Å². The van der Waals surface area contributed by atoms with Gasteiger partial charge in [0.05, 0.1) is 11.8 Å². The Kier molecular flexibility index (Phi) is 4.77. The topological polar surface area (TPSA) is 61.4 Å². The largest absolute Gasteiger partial charge is 0.389 e. The minimum Gasteiger partial charge on any atom is -0.389 e. The lowest BCUT2D eigenvalue weighted by molar-refractivity contribution is 0.199. The monoisotopic (exact) mass is 308 g/mol. The quantitative estimate of drug-likeness (QED) is 0.796. The van der Waals surface area contributed by atoms with E-state index in [0.717, 1.165) is 11.6 Å². The Balaban J connectivity index is 2.01. The van der Waals surface area contributed by atoms with E-state index in [-0.39, 0.29) is 10.7 Å². The van der Waals surface area contributed by atoms with Gasteiger partial charge in [-0.3, -0.25) is 0 Å². The third kappa shape index (κ3) is 4.18. The maximum atomic E-state index is 13.5. The second-order valence-corrected chi connectivity index (χ2v) is 4.94. The van der Waals surface area contributed by atoms with Crippen LogP contribution in [0.3, 0.4) is 0 Å². The Labute approximate surface area is 126 Å². The Hall–Kier alpha value is -2.11. The summed E-state index contributed by atoms with van der Waals surface area (Å²) in [6, 6.07) is 10.1. The van der Waals surface area contributed by atoms with Crippen molar-refractivity contribution in [2.45, 2.75) is 13.0 Å². The van der Waals surface area contributed by atoms with Crippen molar-refractivity contribution in [2.24, 2.45) is 0 Å². The van der Waals surface area contributed by atoms with Crippen LogP contribution in [0.15, 0.2) is 42.5 Å². The van der Waals surface area contributed by atoms with E-state index in [1.54, 1.807) is 31.2 Å². The number of aliphatic hydroxyl groups excluding tert-OH is 1. The number of hydrogen-bond donors (Lipinski definition) is 3. The number of urea groups is 1. The van der Waals surface area contributed by atoms with Gasteiger partial charge >= 0.3 is 6.03 Å². The molecule has 6 heteroatoms. The van der Waals surface area contributed by atoms with Crippen molar-refractivity contribution in [3.63, 3.8) is 0 Å². The van der Waals surface area contributed by atoms with Gasteiger partial charge < -0.3 is 15.7 Å². The van der Waals surface area contributed by atoms with Gasteiger partial charge in [-0.2, -0.15) is 0 Å². The summed E-state index contributed by atoms with van der Waals surface area (Å²) in [5.41, 5.74) is 1.31. The van der Waals surface area contributed by atoms with E-state index in [1.165, 1.54) is 12.1 Å². The molecule has 0 aliphatic heterocycles. The lowest BCUT2D eigenvalue weighted by atomic mass is 10.1. The summed E-state index contributed by atoms with van der Waals surface area (Å²) in [6.07, 6.45) is -0.573. The lowest BCUT2D eigenvalue weighted by Crippen LogP contribution is -2.20. The standard InChI is InChI=1S/C15H14ClFN2O2/c1-9(20)10-2-5-12(6-3-10)18-15(21)19-14-7-4-11(16)8-13(14)17/h2-9,20H,1H3,(H2,18,19,21). The maximum absolute atomic E-state index is 13.5. The fourth-order valence-corrected chi connectivity index (χ4v) is 1.88. The van der Waals surface area contributed by atoms with Gasteiger partial charge in [-0.05, 0) is 42.8 Å². The zero-order valence-electron chi connectivity index (χ0n) is 11.2. The molecule has 0 aliphatic rings. The number of rotatable bonds is 3. The summed E-state index contributed by atoms with van der Waals surface area (Å²) >= 11 is 5.63. The number of carbonyl (C=O) groups excluding carboxylic acids is 1. The molecule has 0 saturated carbocycles. The summed E-state index contributed by atoms with van der Waals surface area (Å²) in [7, 11) is 0. The van der Waals surface area contributed by atoms with Crippen LogP contribution in [0.5, 0.6) is 0 Å². The Bertz CT molecular complexity index is 645. The Morgan fingerprint density at radius 3 is 2.43 bits per heavy atom. The molecule has 0 spiro atoms. The third-order valence-corrected chi connectivity index (χ3v) is 3.07. The minimum atomic E-state index is -0.609. The van der Waals surface area contributed by atoms with E-state index in [0.29, 0.717) is 5.69 Å². The van der Waals surface area contributed by atoms with Gasteiger partial charge in [-0.1, -0.05) is 23.7 Å². The SMILES string of the molecule is CC(O)c1ccc(NC(=O)Nc2ccc(Cl)cc2F)cc1. The van der Waals surface area contributed by atoms with Crippen LogP contribution in [0.2, 0.25) is 5.02 Å². The summed E-state index contributed by atoms with van der Waals surface area (Å²) in [6.45, 7) is 1.65. The highest BCUT2D eigenvalue weighted by Crippen LogP contribution is 2.20. The molecule has 0 heterocycles. The van der Waals surface area contributed by atoms with E-state index in [2.05, 4.69) is 10.6 Å². The molecule has 2 aromatic rings. The molecule has 0 fully saturated rings. The van der Waals surface area contributed by atoms with Crippen molar-refractivity contribution in [1.29, 1.82) is 0 Å². The predicted octanol–water partition coefficient (Wildman–Crippen LogP) is 4.18. The highest BCUT2D eigenvalue weighted by Gasteiger charge is 2.08. The van der Waals surface area contributed by atoms with Crippen LogP contribution in [-0.2, 0) is 0 Å². The lowest BCUT2D eigenvalue weighted by Gasteiger charge is -2.10. The van der Waals surface area contributed by atoms with Crippen molar-refractivity contribution in [1.82, 2.24) is 0 Å². The summed E-state index contributed by atoms with van der Waals surface area (Å²) in [5, 5.41) is 14.6. The molecule has 1 atom stereocenters. The van der Waals surface area contributed by atoms with E-state index < -0.39 is 18.0 Å². The van der Waals surface area contributed by atoms with Crippen LogP contribution in [0.4, 0.5) is 20.6 Å². The summed E-state index contributed by atoms with van der Waals surface area (Å²) in [4.78, 5) is 11.8. The second kappa shape index (κ2) is 6.56. The highest BCUT2D eigenvalue weighted by molar-refractivity contribution is 6.30. The van der Waals surface area contributed by atoms with E-state index in [1.807, 2.05) is 0 Å². The van der Waals surface area contributed by atoms with E-state index in [9.17, 15) is 14.3 Å². The first-order valence-electron chi connectivity index (χ1n) is 6.27. The van der Waals surface area contributed by atoms with Crippen LogP contribution in [-0.4, -0.2) is 11.1 Å². The Morgan fingerprint density at radius 2 is 1.86 bits per heavy atom. The number of hydrogen-bond acceptors (Lipinski definition) is 2. The third-order valence-electron chi connectivity index (χ3n) is 2.83. The average molecular weight is 309 g/mol.